The van der Waals surface area contributed by atoms with E-state index >= 15 is 0 Å². The zero-order chi connectivity index (χ0) is 11.5. The molecule has 1 unspecified atom stereocenters. The molecule has 2 rings (SSSR count). The van der Waals surface area contributed by atoms with Crippen molar-refractivity contribution in [1.29, 1.82) is 0 Å². The van der Waals surface area contributed by atoms with Crippen molar-refractivity contribution >= 4 is 11.7 Å². The number of nitrogens with one attached hydrogen (secondary N) is 2. The number of amides is 1. The van der Waals surface area contributed by atoms with E-state index in [1.165, 1.54) is 31.9 Å². The Labute approximate surface area is 94.8 Å². The van der Waals surface area contributed by atoms with E-state index in [1.807, 2.05) is 0 Å². The lowest BCUT2D eigenvalue weighted by molar-refractivity contribution is 0.0928. The number of anilines is 1. The van der Waals surface area contributed by atoms with Crippen LogP contribution >= 0.6 is 0 Å². The first-order chi connectivity index (χ1) is 7.68. The molecule has 0 saturated heterocycles. The van der Waals surface area contributed by atoms with E-state index in [-0.39, 0.29) is 11.9 Å². The SMILES string of the molecule is CC(NC(=O)c1cn[nH]c1N)C1CCCC1. The molecule has 5 heteroatoms. The van der Waals surface area contributed by atoms with Gasteiger partial charge < -0.3 is 11.1 Å². The number of hydrogen-bond acceptors (Lipinski definition) is 3. The summed E-state index contributed by atoms with van der Waals surface area (Å²) in [4.78, 5) is 11.8. The Kier molecular flexibility index (Phi) is 3.12. The second-order valence-corrected chi connectivity index (χ2v) is 4.50. The van der Waals surface area contributed by atoms with Crippen molar-refractivity contribution in [3.05, 3.63) is 11.8 Å². The van der Waals surface area contributed by atoms with Crippen LogP contribution in [0.1, 0.15) is 43.0 Å². The molecule has 1 aromatic rings. The number of nitrogen functional groups attached to an aromatic ring is 1. The standard InChI is InChI=1S/C11H18N4O/c1-7(8-4-2-3-5-8)14-11(16)9-6-13-15-10(9)12/h6-8H,2-5H2,1H3,(H,14,16)(H3,12,13,15). The van der Waals surface area contributed by atoms with Gasteiger partial charge in [0.2, 0.25) is 0 Å². The highest BCUT2D eigenvalue weighted by atomic mass is 16.1. The lowest BCUT2D eigenvalue weighted by Crippen LogP contribution is -2.37. The van der Waals surface area contributed by atoms with E-state index in [9.17, 15) is 4.79 Å². The Bertz CT molecular complexity index is 368. The second kappa shape index (κ2) is 4.55. The molecule has 4 N–H and O–H groups in total. The number of carbonyl (C=O) groups excluding carboxylic acids is 1. The van der Waals surface area contributed by atoms with E-state index in [2.05, 4.69) is 22.4 Å². The predicted octanol–water partition coefficient (Wildman–Crippen LogP) is 1.30. The molecule has 0 aromatic carbocycles. The molecular formula is C11H18N4O. The van der Waals surface area contributed by atoms with E-state index in [4.69, 9.17) is 5.73 Å². The number of H-pyrrole nitrogens is 1. The molecule has 0 spiro atoms. The summed E-state index contributed by atoms with van der Waals surface area (Å²) in [5, 5.41) is 9.28. The third-order valence-electron chi connectivity index (χ3n) is 3.38. The van der Waals surface area contributed by atoms with Crippen molar-refractivity contribution < 1.29 is 4.79 Å². The fourth-order valence-corrected chi connectivity index (χ4v) is 2.34. The molecule has 1 fully saturated rings. The topological polar surface area (TPSA) is 83.8 Å². The van der Waals surface area contributed by atoms with Gasteiger partial charge in [0.15, 0.2) is 0 Å². The van der Waals surface area contributed by atoms with Gasteiger partial charge in [0.25, 0.3) is 5.91 Å². The van der Waals surface area contributed by atoms with E-state index in [0.29, 0.717) is 17.3 Å². The van der Waals surface area contributed by atoms with Gasteiger partial charge >= 0.3 is 0 Å². The molecule has 88 valence electrons. The van der Waals surface area contributed by atoms with Gasteiger partial charge in [0, 0.05) is 6.04 Å². The summed E-state index contributed by atoms with van der Waals surface area (Å²) in [7, 11) is 0. The van der Waals surface area contributed by atoms with Gasteiger partial charge in [-0.2, -0.15) is 5.10 Å². The number of nitrogens with two attached hydrogens (primary N) is 1. The molecule has 0 radical (unpaired) electrons. The van der Waals surface area contributed by atoms with Crippen LogP contribution in [-0.2, 0) is 0 Å². The maximum absolute atomic E-state index is 11.8. The molecule has 16 heavy (non-hydrogen) atoms. The number of aromatic amines is 1. The summed E-state index contributed by atoms with van der Waals surface area (Å²) in [6.45, 7) is 2.06. The van der Waals surface area contributed by atoms with Gasteiger partial charge in [-0.25, -0.2) is 0 Å². The van der Waals surface area contributed by atoms with Gasteiger partial charge in [-0.05, 0) is 25.7 Å². The van der Waals surface area contributed by atoms with Crippen LogP contribution in [0.5, 0.6) is 0 Å². The van der Waals surface area contributed by atoms with Crippen LogP contribution in [-0.4, -0.2) is 22.1 Å². The maximum atomic E-state index is 11.8. The number of aromatic nitrogens is 2. The Morgan fingerprint density at radius 2 is 2.31 bits per heavy atom. The van der Waals surface area contributed by atoms with E-state index < -0.39 is 0 Å². The lowest BCUT2D eigenvalue weighted by atomic mass is 9.99. The van der Waals surface area contributed by atoms with Gasteiger partial charge in [-0.15, -0.1) is 0 Å². The molecule has 1 saturated carbocycles. The van der Waals surface area contributed by atoms with Crippen molar-refractivity contribution in [3.63, 3.8) is 0 Å². The van der Waals surface area contributed by atoms with Crippen molar-refractivity contribution in [1.82, 2.24) is 15.5 Å². The van der Waals surface area contributed by atoms with Crippen LogP contribution in [0.15, 0.2) is 6.20 Å². The molecule has 1 aliphatic carbocycles. The Balaban J connectivity index is 1.94. The predicted molar refractivity (Wildman–Crippen MR) is 61.9 cm³/mol. The molecular weight excluding hydrogens is 204 g/mol. The molecule has 1 atom stereocenters. The normalized spacial score (nSPS) is 18.6. The third-order valence-corrected chi connectivity index (χ3v) is 3.38. The summed E-state index contributed by atoms with van der Waals surface area (Å²) in [6.07, 6.45) is 6.44. The summed E-state index contributed by atoms with van der Waals surface area (Å²) in [5.41, 5.74) is 6.03. The van der Waals surface area contributed by atoms with Crippen LogP contribution in [0.4, 0.5) is 5.82 Å². The fraction of sp³-hybridized carbons (Fsp3) is 0.636. The Morgan fingerprint density at radius 3 is 2.88 bits per heavy atom. The lowest BCUT2D eigenvalue weighted by Gasteiger charge is -2.19. The van der Waals surface area contributed by atoms with Crippen LogP contribution < -0.4 is 11.1 Å². The van der Waals surface area contributed by atoms with Crippen LogP contribution in [0, 0.1) is 5.92 Å². The minimum Gasteiger partial charge on any atom is -0.383 e. The molecule has 1 heterocycles. The zero-order valence-corrected chi connectivity index (χ0v) is 9.49. The van der Waals surface area contributed by atoms with Gasteiger partial charge in [0.1, 0.15) is 11.4 Å². The Morgan fingerprint density at radius 1 is 1.62 bits per heavy atom. The quantitative estimate of drug-likeness (QED) is 0.720. The maximum Gasteiger partial charge on any atom is 0.256 e. The number of rotatable bonds is 3. The van der Waals surface area contributed by atoms with E-state index in [0.717, 1.165) is 0 Å². The third kappa shape index (κ3) is 2.18. The van der Waals surface area contributed by atoms with Gasteiger partial charge in [0.05, 0.1) is 6.20 Å². The van der Waals surface area contributed by atoms with Gasteiger partial charge in [-0.3, -0.25) is 9.89 Å². The molecule has 0 aliphatic heterocycles. The zero-order valence-electron chi connectivity index (χ0n) is 9.49. The largest absolute Gasteiger partial charge is 0.383 e. The summed E-state index contributed by atoms with van der Waals surface area (Å²) in [6, 6.07) is 0.212. The average Bonchev–Trinajstić information content (AvgIpc) is 2.86. The number of hydrogen-bond donors (Lipinski definition) is 3. The second-order valence-electron chi connectivity index (χ2n) is 4.50. The van der Waals surface area contributed by atoms with Crippen molar-refractivity contribution in [3.8, 4) is 0 Å². The number of carbonyl (C=O) groups is 1. The van der Waals surface area contributed by atoms with Gasteiger partial charge in [-0.1, -0.05) is 12.8 Å². The minimum atomic E-state index is -0.134. The smallest absolute Gasteiger partial charge is 0.256 e. The first kappa shape index (κ1) is 11.0. The number of nitrogens with zero attached hydrogens (tertiary/aromatic N) is 1. The highest BCUT2D eigenvalue weighted by molar-refractivity contribution is 5.98. The monoisotopic (exact) mass is 222 g/mol. The van der Waals surface area contributed by atoms with Crippen LogP contribution in [0.3, 0.4) is 0 Å². The Hall–Kier alpha value is -1.52. The molecule has 5 nitrogen and oxygen atoms in total. The molecule has 0 bridgehead atoms. The van der Waals surface area contributed by atoms with Crippen LogP contribution in [0.2, 0.25) is 0 Å². The fourth-order valence-electron chi connectivity index (χ4n) is 2.34. The minimum absolute atomic E-state index is 0.134. The highest BCUT2D eigenvalue weighted by Gasteiger charge is 2.23. The summed E-state index contributed by atoms with van der Waals surface area (Å²) in [5.74, 6) is 0.804. The first-order valence-electron chi connectivity index (χ1n) is 5.78. The van der Waals surface area contributed by atoms with Crippen molar-refractivity contribution in [2.75, 3.05) is 5.73 Å². The summed E-state index contributed by atoms with van der Waals surface area (Å²) < 4.78 is 0. The molecule has 1 amide bonds. The first-order valence-corrected chi connectivity index (χ1v) is 5.78. The highest BCUT2D eigenvalue weighted by Crippen LogP contribution is 2.27. The van der Waals surface area contributed by atoms with E-state index in [1.54, 1.807) is 0 Å². The van der Waals surface area contributed by atoms with Crippen molar-refractivity contribution in [2.45, 2.75) is 38.6 Å². The average molecular weight is 222 g/mol. The van der Waals surface area contributed by atoms with Crippen molar-refractivity contribution in [2.24, 2.45) is 5.92 Å². The molecule has 1 aromatic heterocycles. The summed E-state index contributed by atoms with van der Waals surface area (Å²) >= 11 is 0. The molecule has 1 aliphatic rings. The van der Waals surface area contributed by atoms with Crippen LogP contribution in [0.25, 0.3) is 0 Å².